The Kier molecular flexibility index (Phi) is 7.37. The second-order valence-electron chi connectivity index (χ2n) is 7.71. The summed E-state index contributed by atoms with van der Waals surface area (Å²) in [6.07, 6.45) is 1.52. The van der Waals surface area contributed by atoms with Crippen LogP contribution in [-0.4, -0.2) is 23.7 Å². The number of amides is 1. The zero-order valence-corrected chi connectivity index (χ0v) is 20.0. The number of hydrogen-bond acceptors (Lipinski definition) is 7. The summed E-state index contributed by atoms with van der Waals surface area (Å²) < 4.78 is 12.5. The standard InChI is InChI=1S/C26H23N3O5S/c1-3-33-23-12-18(7-9-22(23)34-16-19-6-4-5-17(2)11-19)15-27-28-26(30)25-14-20-13-21(29(31)32)8-10-24(20)35-25/h4-15H,3,16H2,1-2H3,(H,28,30)/b27-15-. The van der Waals surface area contributed by atoms with E-state index in [0.717, 1.165) is 15.8 Å². The number of rotatable bonds is 9. The average molecular weight is 490 g/mol. The molecule has 0 unspecified atom stereocenters. The molecule has 178 valence electrons. The number of carbonyl (C=O) groups is 1. The van der Waals surface area contributed by atoms with Crippen molar-refractivity contribution in [1.29, 1.82) is 0 Å². The molecule has 0 aliphatic rings. The molecular formula is C26H23N3O5S. The third-order valence-corrected chi connectivity index (χ3v) is 6.17. The molecule has 1 heterocycles. The lowest BCUT2D eigenvalue weighted by Gasteiger charge is -2.13. The highest BCUT2D eigenvalue weighted by molar-refractivity contribution is 7.20. The summed E-state index contributed by atoms with van der Waals surface area (Å²) >= 11 is 1.24. The molecule has 0 saturated heterocycles. The van der Waals surface area contributed by atoms with E-state index in [0.29, 0.717) is 35.0 Å². The Hall–Kier alpha value is -4.24. The lowest BCUT2D eigenvalue weighted by Crippen LogP contribution is -2.16. The Balaban J connectivity index is 1.42. The van der Waals surface area contributed by atoms with Gasteiger partial charge in [0.2, 0.25) is 0 Å². The maximum Gasteiger partial charge on any atom is 0.281 e. The fraction of sp³-hybridized carbons (Fsp3) is 0.154. The molecule has 0 saturated carbocycles. The number of hydrogen-bond donors (Lipinski definition) is 1. The number of thiophene rings is 1. The molecule has 0 atom stereocenters. The van der Waals surface area contributed by atoms with Crippen LogP contribution in [0.25, 0.3) is 10.1 Å². The van der Waals surface area contributed by atoms with Crippen LogP contribution in [0.2, 0.25) is 0 Å². The molecule has 8 nitrogen and oxygen atoms in total. The molecule has 3 aromatic carbocycles. The first kappa shape index (κ1) is 23.9. The van der Waals surface area contributed by atoms with E-state index >= 15 is 0 Å². The summed E-state index contributed by atoms with van der Waals surface area (Å²) in [5.41, 5.74) is 5.44. The number of fused-ring (bicyclic) bond motifs is 1. The number of nitrogens with one attached hydrogen (secondary N) is 1. The molecule has 1 N–H and O–H groups in total. The third-order valence-electron chi connectivity index (χ3n) is 5.06. The second kappa shape index (κ2) is 10.8. The maximum atomic E-state index is 12.5. The second-order valence-corrected chi connectivity index (χ2v) is 8.79. The van der Waals surface area contributed by atoms with E-state index in [1.165, 1.54) is 35.2 Å². The Morgan fingerprint density at radius 3 is 2.71 bits per heavy atom. The number of benzene rings is 3. The van der Waals surface area contributed by atoms with Gasteiger partial charge in [0.25, 0.3) is 11.6 Å². The van der Waals surface area contributed by atoms with Crippen LogP contribution in [0.4, 0.5) is 5.69 Å². The van der Waals surface area contributed by atoms with Crippen molar-refractivity contribution in [3.63, 3.8) is 0 Å². The molecule has 1 amide bonds. The molecule has 0 bridgehead atoms. The van der Waals surface area contributed by atoms with E-state index in [9.17, 15) is 14.9 Å². The van der Waals surface area contributed by atoms with Gasteiger partial charge in [0.1, 0.15) is 6.61 Å². The largest absolute Gasteiger partial charge is 0.490 e. The normalized spacial score (nSPS) is 11.0. The quantitative estimate of drug-likeness (QED) is 0.180. The van der Waals surface area contributed by atoms with Crippen LogP contribution in [0.15, 0.2) is 71.8 Å². The fourth-order valence-corrected chi connectivity index (χ4v) is 4.37. The minimum Gasteiger partial charge on any atom is -0.490 e. The number of nitro groups is 1. The van der Waals surface area contributed by atoms with Crippen molar-refractivity contribution in [2.24, 2.45) is 5.10 Å². The average Bonchev–Trinajstić information content (AvgIpc) is 3.27. The number of carbonyl (C=O) groups excluding carboxylic acids is 1. The van der Waals surface area contributed by atoms with Crippen LogP contribution < -0.4 is 14.9 Å². The number of hydrazone groups is 1. The van der Waals surface area contributed by atoms with Crippen LogP contribution in [0.5, 0.6) is 11.5 Å². The van der Waals surface area contributed by atoms with E-state index in [1.54, 1.807) is 18.2 Å². The molecule has 0 radical (unpaired) electrons. The van der Waals surface area contributed by atoms with E-state index in [-0.39, 0.29) is 5.69 Å². The maximum absolute atomic E-state index is 12.5. The lowest BCUT2D eigenvalue weighted by molar-refractivity contribution is -0.384. The smallest absolute Gasteiger partial charge is 0.281 e. The van der Waals surface area contributed by atoms with Gasteiger partial charge in [-0.3, -0.25) is 14.9 Å². The summed E-state index contributed by atoms with van der Waals surface area (Å²) in [5, 5.41) is 15.6. The van der Waals surface area contributed by atoms with Gasteiger partial charge in [-0.15, -0.1) is 11.3 Å². The van der Waals surface area contributed by atoms with Gasteiger partial charge in [0.05, 0.1) is 22.6 Å². The van der Waals surface area contributed by atoms with Crippen molar-refractivity contribution in [3.8, 4) is 11.5 Å². The molecule has 0 aliphatic heterocycles. The zero-order chi connectivity index (χ0) is 24.8. The van der Waals surface area contributed by atoms with Gasteiger partial charge in [-0.05, 0) is 55.3 Å². The van der Waals surface area contributed by atoms with Gasteiger partial charge in [-0.2, -0.15) is 5.10 Å². The number of nitrogens with zero attached hydrogens (tertiary/aromatic N) is 2. The van der Waals surface area contributed by atoms with E-state index in [4.69, 9.17) is 9.47 Å². The van der Waals surface area contributed by atoms with Gasteiger partial charge in [-0.25, -0.2) is 5.43 Å². The molecule has 35 heavy (non-hydrogen) atoms. The Labute approximate surface area is 206 Å². The summed E-state index contributed by atoms with van der Waals surface area (Å²) in [4.78, 5) is 23.4. The third kappa shape index (κ3) is 6.01. The van der Waals surface area contributed by atoms with Crippen LogP contribution in [0.1, 0.15) is 33.3 Å². The summed E-state index contributed by atoms with van der Waals surface area (Å²) in [5.74, 6) is 0.809. The van der Waals surface area contributed by atoms with E-state index < -0.39 is 10.8 Å². The topological polar surface area (TPSA) is 103 Å². The van der Waals surface area contributed by atoms with Gasteiger partial charge in [0.15, 0.2) is 11.5 Å². The molecule has 0 fully saturated rings. The molecule has 4 rings (SSSR count). The molecule has 9 heteroatoms. The molecule has 1 aromatic heterocycles. The van der Waals surface area contributed by atoms with Crippen molar-refractivity contribution >= 4 is 39.2 Å². The van der Waals surface area contributed by atoms with Crippen LogP contribution >= 0.6 is 11.3 Å². The minimum absolute atomic E-state index is 0.0170. The number of nitro benzene ring substituents is 1. The predicted octanol–water partition coefficient (Wildman–Crippen LogP) is 5.86. The van der Waals surface area contributed by atoms with Crippen molar-refractivity contribution in [3.05, 3.63) is 98.4 Å². The van der Waals surface area contributed by atoms with E-state index in [1.807, 2.05) is 44.2 Å². The van der Waals surface area contributed by atoms with Crippen molar-refractivity contribution in [2.75, 3.05) is 6.61 Å². The monoisotopic (exact) mass is 489 g/mol. The van der Waals surface area contributed by atoms with Crippen molar-refractivity contribution in [2.45, 2.75) is 20.5 Å². The Bertz CT molecular complexity index is 1410. The van der Waals surface area contributed by atoms with Crippen LogP contribution in [0, 0.1) is 17.0 Å². The fourth-order valence-electron chi connectivity index (χ4n) is 3.43. The highest BCUT2D eigenvalue weighted by Gasteiger charge is 2.13. The molecule has 0 aliphatic carbocycles. The van der Waals surface area contributed by atoms with Gasteiger partial charge < -0.3 is 9.47 Å². The highest BCUT2D eigenvalue weighted by Crippen LogP contribution is 2.30. The molecule has 0 spiro atoms. The number of ether oxygens (including phenoxy) is 2. The van der Waals surface area contributed by atoms with E-state index in [2.05, 4.69) is 16.6 Å². The molecule has 4 aromatic rings. The first-order valence-corrected chi connectivity index (χ1v) is 11.7. The van der Waals surface area contributed by atoms with Gasteiger partial charge in [0, 0.05) is 22.2 Å². The first-order chi connectivity index (χ1) is 16.9. The lowest BCUT2D eigenvalue weighted by atomic mass is 10.1. The Morgan fingerprint density at radius 1 is 1.09 bits per heavy atom. The summed E-state index contributed by atoms with van der Waals surface area (Å²) in [7, 11) is 0. The SMILES string of the molecule is CCOc1cc(/C=N\NC(=O)c2cc3cc([N+](=O)[O-])ccc3s2)ccc1OCc1cccc(C)c1. The van der Waals surface area contributed by atoms with Crippen LogP contribution in [-0.2, 0) is 6.61 Å². The first-order valence-electron chi connectivity index (χ1n) is 10.9. The van der Waals surface area contributed by atoms with Crippen molar-refractivity contribution < 1.29 is 19.2 Å². The highest BCUT2D eigenvalue weighted by atomic mass is 32.1. The zero-order valence-electron chi connectivity index (χ0n) is 19.2. The number of aryl methyl sites for hydroxylation is 1. The van der Waals surface area contributed by atoms with Crippen LogP contribution in [0.3, 0.4) is 0 Å². The summed E-state index contributed by atoms with van der Waals surface area (Å²) in [6.45, 7) is 4.83. The Morgan fingerprint density at radius 2 is 1.94 bits per heavy atom. The summed E-state index contributed by atoms with van der Waals surface area (Å²) in [6, 6.07) is 19.7. The predicted molar refractivity (Wildman–Crippen MR) is 137 cm³/mol. The van der Waals surface area contributed by atoms with Gasteiger partial charge >= 0.3 is 0 Å². The molecular weight excluding hydrogens is 466 g/mol. The number of non-ortho nitro benzene ring substituents is 1. The van der Waals surface area contributed by atoms with Gasteiger partial charge in [-0.1, -0.05) is 29.8 Å². The van der Waals surface area contributed by atoms with Crippen molar-refractivity contribution in [1.82, 2.24) is 5.43 Å². The minimum atomic E-state index is -0.462.